The van der Waals surface area contributed by atoms with Gasteiger partial charge in [0.05, 0.1) is 7.11 Å². The van der Waals surface area contributed by atoms with Crippen molar-refractivity contribution < 1.29 is 9.13 Å². The van der Waals surface area contributed by atoms with Crippen molar-refractivity contribution in [3.05, 3.63) is 29.6 Å². The normalized spacial score (nSPS) is 27.4. The molecule has 1 aromatic rings. The zero-order valence-corrected chi connectivity index (χ0v) is 13.7. The molecule has 1 saturated carbocycles. The first-order valence-electron chi connectivity index (χ1n) is 8.12. The Morgan fingerprint density at radius 1 is 1.24 bits per heavy atom. The summed E-state index contributed by atoms with van der Waals surface area (Å²) in [5.74, 6) is 2.38. The van der Waals surface area contributed by atoms with Crippen molar-refractivity contribution in [1.82, 2.24) is 5.32 Å². The van der Waals surface area contributed by atoms with Gasteiger partial charge in [0.25, 0.3) is 0 Å². The molecular formula is C18H28FNO. The summed E-state index contributed by atoms with van der Waals surface area (Å²) in [5.41, 5.74) is 0.702. The number of rotatable bonds is 5. The van der Waals surface area contributed by atoms with Gasteiger partial charge in [0.1, 0.15) is 11.6 Å². The average Bonchev–Trinajstić information content (AvgIpc) is 2.44. The maximum Gasteiger partial charge on any atom is 0.131 e. The lowest BCUT2D eigenvalue weighted by Gasteiger charge is -2.37. The van der Waals surface area contributed by atoms with E-state index >= 15 is 0 Å². The first-order chi connectivity index (χ1) is 10.1. The lowest BCUT2D eigenvalue weighted by atomic mass is 9.72. The standard InChI is InChI=1S/C18H28FNO/c1-5-20-18(14-10-12(2)9-13(3)11-14)17-15(19)7-6-8-16(17)21-4/h6-8,12-14,18,20H,5,9-11H2,1-4H3. The number of nitrogens with one attached hydrogen (secondary N) is 1. The summed E-state index contributed by atoms with van der Waals surface area (Å²) in [7, 11) is 1.62. The fraction of sp³-hybridized carbons (Fsp3) is 0.667. The molecule has 118 valence electrons. The molecule has 1 aliphatic rings. The Bertz CT molecular complexity index is 453. The molecule has 2 nitrogen and oxygen atoms in total. The average molecular weight is 293 g/mol. The summed E-state index contributed by atoms with van der Waals surface area (Å²) in [6, 6.07) is 5.15. The Balaban J connectivity index is 2.34. The molecule has 0 heterocycles. The summed E-state index contributed by atoms with van der Waals surface area (Å²) in [5, 5.41) is 3.51. The number of hydrogen-bond donors (Lipinski definition) is 1. The molecule has 3 heteroatoms. The molecule has 0 radical (unpaired) electrons. The van der Waals surface area contributed by atoms with Gasteiger partial charge in [0.2, 0.25) is 0 Å². The molecule has 1 N–H and O–H groups in total. The second-order valence-corrected chi connectivity index (χ2v) is 6.57. The van der Waals surface area contributed by atoms with Gasteiger partial charge in [-0.25, -0.2) is 4.39 Å². The maximum atomic E-state index is 14.4. The number of halogens is 1. The Morgan fingerprint density at radius 3 is 2.48 bits per heavy atom. The molecule has 0 amide bonds. The lowest BCUT2D eigenvalue weighted by Crippen LogP contribution is -2.34. The molecule has 1 aromatic carbocycles. The van der Waals surface area contributed by atoms with Crippen LogP contribution in [0, 0.1) is 23.6 Å². The highest BCUT2D eigenvalue weighted by Crippen LogP contribution is 2.42. The van der Waals surface area contributed by atoms with Crippen LogP contribution in [-0.4, -0.2) is 13.7 Å². The van der Waals surface area contributed by atoms with Crippen molar-refractivity contribution in [1.29, 1.82) is 0 Å². The Kier molecular flexibility index (Phi) is 5.63. The molecule has 0 saturated heterocycles. The van der Waals surface area contributed by atoms with Crippen molar-refractivity contribution in [3.63, 3.8) is 0 Å². The van der Waals surface area contributed by atoms with E-state index in [4.69, 9.17) is 4.74 Å². The van der Waals surface area contributed by atoms with E-state index in [1.54, 1.807) is 13.2 Å². The molecule has 0 spiro atoms. The van der Waals surface area contributed by atoms with E-state index in [1.807, 2.05) is 6.07 Å². The Hall–Kier alpha value is -1.09. The quantitative estimate of drug-likeness (QED) is 0.859. The van der Waals surface area contributed by atoms with E-state index in [0.29, 0.717) is 29.1 Å². The van der Waals surface area contributed by atoms with Gasteiger partial charge < -0.3 is 10.1 Å². The second-order valence-electron chi connectivity index (χ2n) is 6.57. The van der Waals surface area contributed by atoms with Gasteiger partial charge in [-0.2, -0.15) is 0 Å². The van der Waals surface area contributed by atoms with Gasteiger partial charge in [-0.15, -0.1) is 0 Å². The summed E-state index contributed by atoms with van der Waals surface area (Å²) < 4.78 is 19.9. The van der Waals surface area contributed by atoms with E-state index in [0.717, 1.165) is 19.4 Å². The van der Waals surface area contributed by atoms with Crippen molar-refractivity contribution >= 4 is 0 Å². The minimum atomic E-state index is -0.161. The van der Waals surface area contributed by atoms with Crippen LogP contribution >= 0.6 is 0 Å². The molecule has 2 rings (SSSR count). The fourth-order valence-electron chi connectivity index (χ4n) is 4.00. The summed E-state index contributed by atoms with van der Waals surface area (Å²) in [6.45, 7) is 7.53. The van der Waals surface area contributed by atoms with Crippen molar-refractivity contribution in [2.75, 3.05) is 13.7 Å². The SMILES string of the molecule is CCNC(c1c(F)cccc1OC)C1CC(C)CC(C)C1. The van der Waals surface area contributed by atoms with Crippen molar-refractivity contribution in [2.24, 2.45) is 17.8 Å². The number of hydrogen-bond acceptors (Lipinski definition) is 2. The summed E-state index contributed by atoms with van der Waals surface area (Å²) in [6.07, 6.45) is 3.59. The third-order valence-corrected chi connectivity index (χ3v) is 4.65. The first-order valence-corrected chi connectivity index (χ1v) is 8.12. The Labute approximate surface area is 128 Å². The zero-order valence-electron chi connectivity index (χ0n) is 13.7. The van der Waals surface area contributed by atoms with Gasteiger partial charge in [-0.3, -0.25) is 0 Å². The highest BCUT2D eigenvalue weighted by Gasteiger charge is 2.33. The molecule has 3 atom stereocenters. The third-order valence-electron chi connectivity index (χ3n) is 4.65. The van der Waals surface area contributed by atoms with E-state index in [1.165, 1.54) is 12.5 Å². The van der Waals surface area contributed by atoms with Crippen LogP contribution in [0.5, 0.6) is 5.75 Å². The fourth-order valence-corrected chi connectivity index (χ4v) is 4.00. The highest BCUT2D eigenvalue weighted by atomic mass is 19.1. The van der Waals surface area contributed by atoms with E-state index < -0.39 is 0 Å². The molecule has 21 heavy (non-hydrogen) atoms. The van der Waals surface area contributed by atoms with Crippen LogP contribution in [0.3, 0.4) is 0 Å². The van der Waals surface area contributed by atoms with Gasteiger partial charge in [0, 0.05) is 11.6 Å². The largest absolute Gasteiger partial charge is 0.496 e. The monoisotopic (exact) mass is 293 g/mol. The first kappa shape index (κ1) is 16.3. The molecule has 3 unspecified atom stereocenters. The van der Waals surface area contributed by atoms with Gasteiger partial charge in [0.15, 0.2) is 0 Å². The minimum absolute atomic E-state index is 0.0383. The number of benzene rings is 1. The zero-order chi connectivity index (χ0) is 15.4. The van der Waals surface area contributed by atoms with Gasteiger partial charge in [-0.1, -0.05) is 26.8 Å². The third kappa shape index (κ3) is 3.76. The molecular weight excluding hydrogens is 265 g/mol. The predicted molar refractivity (Wildman–Crippen MR) is 85.0 cm³/mol. The van der Waals surface area contributed by atoms with Crippen LogP contribution in [0.1, 0.15) is 51.6 Å². The van der Waals surface area contributed by atoms with Crippen LogP contribution in [0.4, 0.5) is 4.39 Å². The van der Waals surface area contributed by atoms with Crippen molar-refractivity contribution in [3.8, 4) is 5.75 Å². The topological polar surface area (TPSA) is 21.3 Å². The molecule has 1 fully saturated rings. The number of ether oxygens (including phenoxy) is 1. The Morgan fingerprint density at radius 2 is 1.90 bits per heavy atom. The van der Waals surface area contributed by atoms with Crippen LogP contribution < -0.4 is 10.1 Å². The van der Waals surface area contributed by atoms with Crippen LogP contribution in [-0.2, 0) is 0 Å². The smallest absolute Gasteiger partial charge is 0.131 e. The molecule has 1 aliphatic carbocycles. The van der Waals surface area contributed by atoms with E-state index in [9.17, 15) is 4.39 Å². The van der Waals surface area contributed by atoms with E-state index in [2.05, 4.69) is 26.1 Å². The highest BCUT2D eigenvalue weighted by molar-refractivity contribution is 5.37. The van der Waals surface area contributed by atoms with E-state index in [-0.39, 0.29) is 11.9 Å². The lowest BCUT2D eigenvalue weighted by molar-refractivity contribution is 0.173. The van der Waals surface area contributed by atoms with Crippen LogP contribution in [0.15, 0.2) is 18.2 Å². The minimum Gasteiger partial charge on any atom is -0.496 e. The molecule has 0 aliphatic heterocycles. The predicted octanol–water partition coefficient (Wildman–Crippen LogP) is 4.56. The summed E-state index contributed by atoms with van der Waals surface area (Å²) in [4.78, 5) is 0. The summed E-state index contributed by atoms with van der Waals surface area (Å²) >= 11 is 0. The molecule has 0 bridgehead atoms. The number of methoxy groups -OCH3 is 1. The van der Waals surface area contributed by atoms with Gasteiger partial charge >= 0.3 is 0 Å². The maximum absolute atomic E-state index is 14.4. The molecule has 0 aromatic heterocycles. The second kappa shape index (κ2) is 7.26. The van der Waals surface area contributed by atoms with Crippen LogP contribution in [0.2, 0.25) is 0 Å². The van der Waals surface area contributed by atoms with Gasteiger partial charge in [-0.05, 0) is 55.7 Å². The van der Waals surface area contributed by atoms with Crippen LogP contribution in [0.25, 0.3) is 0 Å². The van der Waals surface area contributed by atoms with Crippen molar-refractivity contribution in [2.45, 2.75) is 46.1 Å².